The predicted octanol–water partition coefficient (Wildman–Crippen LogP) is 1.40. The molecule has 1 aliphatic rings. The molecule has 17 heavy (non-hydrogen) atoms. The summed E-state index contributed by atoms with van der Waals surface area (Å²) in [6.07, 6.45) is 2.99. The lowest BCUT2D eigenvalue weighted by atomic mass is 9.99. The number of aliphatic carboxylic acids is 1. The van der Waals surface area contributed by atoms with E-state index in [1.165, 1.54) is 6.20 Å². The third-order valence-electron chi connectivity index (χ3n) is 3.27. The second-order valence-corrected chi connectivity index (χ2v) is 4.35. The standard InChI is InChI=1S/C12H13N3O2/c1-12(11(16)17)4-2-6-15(12)10-3-5-14-9(7-10)8-13/h3,5,7H,2,4,6H2,1H3,(H,16,17). The molecule has 0 saturated carbocycles. The zero-order valence-electron chi connectivity index (χ0n) is 9.55. The van der Waals surface area contributed by atoms with E-state index >= 15 is 0 Å². The molecule has 1 aliphatic heterocycles. The number of carboxylic acid groups (broad SMARTS) is 1. The summed E-state index contributed by atoms with van der Waals surface area (Å²) in [5.74, 6) is -0.828. The summed E-state index contributed by atoms with van der Waals surface area (Å²) < 4.78 is 0. The second-order valence-electron chi connectivity index (χ2n) is 4.35. The summed E-state index contributed by atoms with van der Waals surface area (Å²) in [5.41, 5.74) is 0.176. The van der Waals surface area contributed by atoms with Gasteiger partial charge in [-0.1, -0.05) is 0 Å². The van der Waals surface area contributed by atoms with Gasteiger partial charge in [0.15, 0.2) is 0 Å². The van der Waals surface area contributed by atoms with E-state index in [0.717, 1.165) is 12.1 Å². The highest BCUT2D eigenvalue weighted by Crippen LogP contribution is 2.34. The van der Waals surface area contributed by atoms with Gasteiger partial charge in [-0.05, 0) is 31.9 Å². The molecule has 5 heteroatoms. The Morgan fingerprint density at radius 3 is 3.12 bits per heavy atom. The SMILES string of the molecule is CC1(C(=O)O)CCCN1c1ccnc(C#N)c1. The van der Waals surface area contributed by atoms with Crippen LogP contribution in [-0.2, 0) is 4.79 Å². The van der Waals surface area contributed by atoms with Crippen LogP contribution < -0.4 is 4.90 Å². The molecule has 1 fully saturated rings. The molecule has 1 aromatic rings. The number of aromatic nitrogens is 1. The molecule has 1 saturated heterocycles. The minimum atomic E-state index is -0.881. The van der Waals surface area contributed by atoms with Crippen molar-refractivity contribution in [2.24, 2.45) is 0 Å². The van der Waals surface area contributed by atoms with E-state index in [1.807, 2.05) is 11.0 Å². The number of rotatable bonds is 2. The first-order valence-electron chi connectivity index (χ1n) is 5.45. The fourth-order valence-electron chi connectivity index (χ4n) is 2.25. The van der Waals surface area contributed by atoms with E-state index in [9.17, 15) is 9.90 Å². The van der Waals surface area contributed by atoms with Crippen LogP contribution in [-0.4, -0.2) is 28.1 Å². The first kappa shape index (κ1) is 11.4. The van der Waals surface area contributed by atoms with Crippen molar-refractivity contribution in [3.63, 3.8) is 0 Å². The highest BCUT2D eigenvalue weighted by Gasteiger charge is 2.43. The Labute approximate surface area is 99.3 Å². The molecule has 0 amide bonds. The van der Waals surface area contributed by atoms with Gasteiger partial charge in [0.05, 0.1) is 0 Å². The van der Waals surface area contributed by atoms with E-state index in [2.05, 4.69) is 4.98 Å². The van der Waals surface area contributed by atoms with E-state index in [4.69, 9.17) is 5.26 Å². The van der Waals surface area contributed by atoms with Crippen LogP contribution in [0.2, 0.25) is 0 Å². The van der Waals surface area contributed by atoms with E-state index < -0.39 is 11.5 Å². The first-order chi connectivity index (χ1) is 8.08. The molecule has 1 atom stereocenters. The molecular formula is C12H13N3O2. The maximum Gasteiger partial charge on any atom is 0.329 e. The average Bonchev–Trinajstić information content (AvgIpc) is 2.73. The summed E-state index contributed by atoms with van der Waals surface area (Å²) in [6.45, 7) is 2.41. The predicted molar refractivity (Wildman–Crippen MR) is 61.6 cm³/mol. The topological polar surface area (TPSA) is 77.2 Å². The first-order valence-corrected chi connectivity index (χ1v) is 5.45. The Hall–Kier alpha value is -2.09. The highest BCUT2D eigenvalue weighted by molar-refractivity contribution is 5.84. The number of carboxylic acids is 1. The Morgan fingerprint density at radius 2 is 2.47 bits per heavy atom. The van der Waals surface area contributed by atoms with Crippen molar-refractivity contribution < 1.29 is 9.90 Å². The largest absolute Gasteiger partial charge is 0.480 e. The Balaban J connectivity index is 2.39. The number of anilines is 1. The van der Waals surface area contributed by atoms with Crippen LogP contribution >= 0.6 is 0 Å². The molecule has 0 spiro atoms. The molecule has 1 unspecified atom stereocenters. The molecule has 0 radical (unpaired) electrons. The minimum absolute atomic E-state index is 0.308. The minimum Gasteiger partial charge on any atom is -0.480 e. The van der Waals surface area contributed by atoms with Gasteiger partial charge < -0.3 is 10.0 Å². The number of carbonyl (C=O) groups is 1. The zero-order valence-corrected chi connectivity index (χ0v) is 9.55. The van der Waals surface area contributed by atoms with Gasteiger partial charge in [0, 0.05) is 18.4 Å². The quantitative estimate of drug-likeness (QED) is 0.832. The molecule has 0 aliphatic carbocycles. The lowest BCUT2D eigenvalue weighted by Gasteiger charge is -2.33. The van der Waals surface area contributed by atoms with Crippen molar-refractivity contribution in [3.8, 4) is 6.07 Å². The molecule has 2 heterocycles. The zero-order chi connectivity index (χ0) is 12.5. The summed E-state index contributed by atoms with van der Waals surface area (Å²) in [6, 6.07) is 5.34. The summed E-state index contributed by atoms with van der Waals surface area (Å²) in [5, 5.41) is 18.1. The van der Waals surface area contributed by atoms with Gasteiger partial charge in [-0.15, -0.1) is 0 Å². The lowest BCUT2D eigenvalue weighted by Crippen LogP contribution is -2.48. The molecule has 88 valence electrons. The Bertz CT molecular complexity index is 495. The van der Waals surface area contributed by atoms with Crippen molar-refractivity contribution >= 4 is 11.7 Å². The third-order valence-corrected chi connectivity index (χ3v) is 3.27. The number of hydrogen-bond acceptors (Lipinski definition) is 4. The van der Waals surface area contributed by atoms with Crippen LogP contribution in [0.3, 0.4) is 0 Å². The number of nitrogens with zero attached hydrogens (tertiary/aromatic N) is 3. The van der Waals surface area contributed by atoms with Crippen molar-refractivity contribution in [3.05, 3.63) is 24.0 Å². The maximum atomic E-state index is 11.3. The van der Waals surface area contributed by atoms with Crippen LogP contribution in [0, 0.1) is 11.3 Å². The molecule has 1 N–H and O–H groups in total. The van der Waals surface area contributed by atoms with Gasteiger partial charge in [0.2, 0.25) is 0 Å². The van der Waals surface area contributed by atoms with Crippen LogP contribution in [0.25, 0.3) is 0 Å². The summed E-state index contributed by atoms with van der Waals surface area (Å²) >= 11 is 0. The molecular weight excluding hydrogens is 218 g/mol. The van der Waals surface area contributed by atoms with Crippen LogP contribution in [0.5, 0.6) is 0 Å². The van der Waals surface area contributed by atoms with Gasteiger partial charge in [0.25, 0.3) is 0 Å². The molecule has 2 rings (SSSR count). The van der Waals surface area contributed by atoms with E-state index in [0.29, 0.717) is 18.7 Å². The average molecular weight is 231 g/mol. The Morgan fingerprint density at radius 1 is 1.71 bits per heavy atom. The van der Waals surface area contributed by atoms with Crippen LogP contribution in [0.4, 0.5) is 5.69 Å². The van der Waals surface area contributed by atoms with Crippen molar-refractivity contribution in [1.29, 1.82) is 5.26 Å². The van der Waals surface area contributed by atoms with E-state index in [1.54, 1.807) is 19.1 Å². The number of nitriles is 1. The van der Waals surface area contributed by atoms with Crippen LogP contribution in [0.1, 0.15) is 25.5 Å². The second kappa shape index (κ2) is 4.06. The Kier molecular flexibility index (Phi) is 2.72. The molecule has 1 aromatic heterocycles. The molecule has 5 nitrogen and oxygen atoms in total. The monoisotopic (exact) mass is 231 g/mol. The van der Waals surface area contributed by atoms with E-state index in [-0.39, 0.29) is 0 Å². The normalized spacial score (nSPS) is 23.4. The van der Waals surface area contributed by atoms with Gasteiger partial charge >= 0.3 is 5.97 Å². The number of hydrogen-bond donors (Lipinski definition) is 1. The fourth-order valence-corrected chi connectivity index (χ4v) is 2.25. The highest BCUT2D eigenvalue weighted by atomic mass is 16.4. The van der Waals surface area contributed by atoms with Crippen molar-refractivity contribution in [2.45, 2.75) is 25.3 Å². The van der Waals surface area contributed by atoms with Gasteiger partial charge in [0.1, 0.15) is 17.3 Å². The maximum absolute atomic E-state index is 11.3. The number of pyridine rings is 1. The fraction of sp³-hybridized carbons (Fsp3) is 0.417. The van der Waals surface area contributed by atoms with Gasteiger partial charge in [-0.2, -0.15) is 5.26 Å². The third kappa shape index (κ3) is 1.82. The molecule has 0 bridgehead atoms. The summed E-state index contributed by atoms with van der Waals surface area (Å²) in [4.78, 5) is 17.1. The van der Waals surface area contributed by atoms with Crippen LogP contribution in [0.15, 0.2) is 18.3 Å². The lowest BCUT2D eigenvalue weighted by molar-refractivity contribution is -0.142. The molecule has 0 aromatic carbocycles. The van der Waals surface area contributed by atoms with Crippen molar-refractivity contribution in [1.82, 2.24) is 4.98 Å². The van der Waals surface area contributed by atoms with Crippen molar-refractivity contribution in [2.75, 3.05) is 11.4 Å². The smallest absolute Gasteiger partial charge is 0.329 e. The van der Waals surface area contributed by atoms with Gasteiger partial charge in [-0.3, -0.25) is 0 Å². The summed E-state index contributed by atoms with van der Waals surface area (Å²) in [7, 11) is 0. The van der Waals surface area contributed by atoms with Gasteiger partial charge in [-0.25, -0.2) is 9.78 Å².